The molecule has 2 nitrogen and oxygen atoms in total. The quantitative estimate of drug-likeness (QED) is 0.681. The number of hydrogen-bond acceptors (Lipinski definition) is 2. The Balaban J connectivity index is 0.00000168. The predicted molar refractivity (Wildman–Crippen MR) is 108 cm³/mol. The van der Waals surface area contributed by atoms with Crippen molar-refractivity contribution in [2.24, 2.45) is 11.8 Å². The molecule has 1 aliphatic heterocycles. The van der Waals surface area contributed by atoms with Crippen molar-refractivity contribution in [2.45, 2.75) is 76.2 Å². The van der Waals surface area contributed by atoms with Gasteiger partial charge >= 0.3 is 0 Å². The number of carbonyl (C=O) groups is 1. The molecule has 0 aromatic heterocycles. The summed E-state index contributed by atoms with van der Waals surface area (Å²) in [5.74, 6) is 2.01. The Morgan fingerprint density at radius 2 is 2.00 bits per heavy atom. The van der Waals surface area contributed by atoms with Gasteiger partial charge in [0.2, 0.25) is 0 Å². The van der Waals surface area contributed by atoms with Gasteiger partial charge in [0, 0.05) is 23.6 Å². The molecule has 1 aromatic carbocycles. The summed E-state index contributed by atoms with van der Waals surface area (Å²) < 4.78 is 0. The van der Waals surface area contributed by atoms with Gasteiger partial charge in [-0.25, -0.2) is 0 Å². The molecule has 3 aliphatic carbocycles. The number of Topliss-reactive ketones (excluding diaryl/α,β-unsaturated/α-hetero) is 1. The van der Waals surface area contributed by atoms with E-state index in [0.29, 0.717) is 5.41 Å². The highest BCUT2D eigenvalue weighted by molar-refractivity contribution is 5.94. The van der Waals surface area contributed by atoms with E-state index in [-0.39, 0.29) is 18.2 Å². The van der Waals surface area contributed by atoms with Crippen LogP contribution in [0.3, 0.4) is 0 Å². The molecule has 5 rings (SSSR count). The normalized spacial score (nSPS) is 33.4. The smallest absolute Gasteiger partial charge is 0.159 e. The zero-order valence-electron chi connectivity index (χ0n) is 16.0. The molecule has 1 saturated heterocycles. The summed E-state index contributed by atoms with van der Waals surface area (Å²) in [7, 11) is 0. The van der Waals surface area contributed by atoms with Crippen LogP contribution in [0.4, 0.5) is 0 Å². The number of rotatable bonds is 3. The number of likely N-dealkylation sites (tertiary alicyclic amines) is 1. The SMILES string of the molecule is CC(=O)c1ccc2c(c1)[C@@]13CCCC[C@H]1[C@@H](C2)N(CC1CCC1)CC3.Cl. The predicted octanol–water partition coefficient (Wildman–Crippen LogP) is 5.17. The molecule has 2 bridgehead atoms. The van der Waals surface area contributed by atoms with Crippen LogP contribution in [0.25, 0.3) is 0 Å². The van der Waals surface area contributed by atoms with Crippen molar-refractivity contribution < 1.29 is 4.79 Å². The fraction of sp³-hybridized carbons (Fsp3) is 0.696. The summed E-state index contributed by atoms with van der Waals surface area (Å²) in [6.45, 7) is 4.34. The maximum atomic E-state index is 12.0. The minimum atomic E-state index is 0. The Kier molecular flexibility index (Phi) is 4.94. The van der Waals surface area contributed by atoms with Crippen molar-refractivity contribution in [2.75, 3.05) is 13.1 Å². The largest absolute Gasteiger partial charge is 0.299 e. The van der Waals surface area contributed by atoms with E-state index in [9.17, 15) is 4.79 Å². The molecule has 0 N–H and O–H groups in total. The molecule has 3 atom stereocenters. The van der Waals surface area contributed by atoms with Gasteiger partial charge in [-0.15, -0.1) is 12.4 Å². The first-order valence-electron chi connectivity index (χ1n) is 10.6. The minimum absolute atomic E-state index is 0. The lowest BCUT2D eigenvalue weighted by atomic mass is 9.52. The van der Waals surface area contributed by atoms with E-state index in [1.165, 1.54) is 70.9 Å². The second-order valence-electron chi connectivity index (χ2n) is 9.25. The van der Waals surface area contributed by atoms with Crippen LogP contribution in [0.15, 0.2) is 18.2 Å². The maximum Gasteiger partial charge on any atom is 0.159 e. The van der Waals surface area contributed by atoms with Gasteiger partial charge in [0.1, 0.15) is 0 Å². The van der Waals surface area contributed by atoms with Crippen LogP contribution >= 0.6 is 12.4 Å². The maximum absolute atomic E-state index is 12.0. The number of piperidine rings is 1. The Morgan fingerprint density at radius 3 is 2.73 bits per heavy atom. The highest BCUT2D eigenvalue weighted by atomic mass is 35.5. The van der Waals surface area contributed by atoms with Crippen molar-refractivity contribution in [1.29, 1.82) is 0 Å². The topological polar surface area (TPSA) is 20.3 Å². The van der Waals surface area contributed by atoms with Gasteiger partial charge in [-0.1, -0.05) is 31.4 Å². The molecule has 0 amide bonds. The van der Waals surface area contributed by atoms with Crippen molar-refractivity contribution in [3.8, 4) is 0 Å². The molecule has 0 radical (unpaired) electrons. The van der Waals surface area contributed by atoms with E-state index in [2.05, 4.69) is 23.1 Å². The van der Waals surface area contributed by atoms with Crippen LogP contribution in [0.2, 0.25) is 0 Å². The summed E-state index contributed by atoms with van der Waals surface area (Å²) in [4.78, 5) is 14.8. The Bertz CT molecular complexity index is 697. The summed E-state index contributed by atoms with van der Waals surface area (Å²) in [6, 6.07) is 7.41. The molecular formula is C23H32ClNO. The molecule has 3 fully saturated rings. The Hall–Kier alpha value is -0.860. The first kappa shape index (κ1) is 18.5. The van der Waals surface area contributed by atoms with Crippen molar-refractivity contribution in [1.82, 2.24) is 4.90 Å². The van der Waals surface area contributed by atoms with E-state index in [4.69, 9.17) is 0 Å². The first-order valence-corrected chi connectivity index (χ1v) is 10.6. The number of fused-ring (bicyclic) bond motifs is 1. The van der Waals surface area contributed by atoms with Gasteiger partial charge in [0.15, 0.2) is 5.78 Å². The molecule has 142 valence electrons. The average molecular weight is 374 g/mol. The van der Waals surface area contributed by atoms with Crippen LogP contribution in [-0.4, -0.2) is 29.8 Å². The van der Waals surface area contributed by atoms with E-state index in [0.717, 1.165) is 23.4 Å². The van der Waals surface area contributed by atoms with E-state index < -0.39 is 0 Å². The summed E-state index contributed by atoms with van der Waals surface area (Å²) in [6.07, 6.45) is 12.4. The monoisotopic (exact) mass is 373 g/mol. The van der Waals surface area contributed by atoms with E-state index >= 15 is 0 Å². The number of halogens is 1. The number of benzene rings is 1. The summed E-state index contributed by atoms with van der Waals surface area (Å²) in [5, 5.41) is 0. The third kappa shape index (κ3) is 2.76. The zero-order chi connectivity index (χ0) is 17.0. The Labute approximate surface area is 164 Å². The molecule has 2 saturated carbocycles. The van der Waals surface area contributed by atoms with Crippen molar-refractivity contribution in [3.05, 3.63) is 34.9 Å². The summed E-state index contributed by atoms with van der Waals surface area (Å²) >= 11 is 0. The van der Waals surface area contributed by atoms with Gasteiger partial charge in [0.05, 0.1) is 0 Å². The van der Waals surface area contributed by atoms with Crippen LogP contribution in [0.1, 0.15) is 79.8 Å². The molecular weight excluding hydrogens is 342 g/mol. The number of nitrogens with zero attached hydrogens (tertiary/aromatic N) is 1. The van der Waals surface area contributed by atoms with Gasteiger partial charge in [-0.2, -0.15) is 0 Å². The lowest BCUT2D eigenvalue weighted by Gasteiger charge is -2.59. The highest BCUT2D eigenvalue weighted by Crippen LogP contribution is 2.56. The highest BCUT2D eigenvalue weighted by Gasteiger charge is 2.53. The standard InChI is InChI=1S/C23H31NO.ClH/c1-16(25)18-8-9-19-14-22-20-7-2-3-10-23(20,21(19)13-18)11-12-24(22)15-17-5-4-6-17;/h8-9,13,17,20,22H,2-7,10-12,14-15H2,1H3;1H/t20-,22+,23+;/m0./s1. The van der Waals surface area contributed by atoms with Crippen molar-refractivity contribution in [3.63, 3.8) is 0 Å². The number of carbonyl (C=O) groups excluding carboxylic acids is 1. The molecule has 4 aliphatic rings. The van der Waals surface area contributed by atoms with Crippen LogP contribution in [0.5, 0.6) is 0 Å². The lowest BCUT2D eigenvalue weighted by Crippen LogP contribution is -2.61. The second-order valence-corrected chi connectivity index (χ2v) is 9.25. The van der Waals surface area contributed by atoms with E-state index in [1.54, 1.807) is 18.1 Å². The van der Waals surface area contributed by atoms with Gasteiger partial charge in [-0.05, 0) is 81.0 Å². The fourth-order valence-electron chi connectivity index (χ4n) is 6.54. The van der Waals surface area contributed by atoms with Gasteiger partial charge in [-0.3, -0.25) is 9.69 Å². The number of ketones is 1. The third-order valence-electron chi connectivity index (χ3n) is 8.08. The van der Waals surface area contributed by atoms with Crippen molar-refractivity contribution >= 4 is 18.2 Å². The molecule has 3 heteroatoms. The molecule has 1 heterocycles. The second kappa shape index (κ2) is 6.95. The molecule has 0 unspecified atom stereocenters. The summed E-state index contributed by atoms with van der Waals surface area (Å²) in [5.41, 5.74) is 4.40. The fourth-order valence-corrected chi connectivity index (χ4v) is 6.54. The van der Waals surface area contributed by atoms with E-state index in [1.807, 2.05) is 0 Å². The van der Waals surface area contributed by atoms with Crippen LogP contribution in [-0.2, 0) is 11.8 Å². The number of hydrogen-bond donors (Lipinski definition) is 0. The third-order valence-corrected chi connectivity index (χ3v) is 8.08. The van der Waals surface area contributed by atoms with Crippen LogP contribution < -0.4 is 0 Å². The van der Waals surface area contributed by atoms with Gasteiger partial charge < -0.3 is 0 Å². The Morgan fingerprint density at radius 1 is 1.15 bits per heavy atom. The molecule has 26 heavy (non-hydrogen) atoms. The minimum Gasteiger partial charge on any atom is -0.299 e. The molecule has 0 spiro atoms. The lowest BCUT2D eigenvalue weighted by molar-refractivity contribution is -0.0240. The van der Waals surface area contributed by atoms with Crippen LogP contribution in [0, 0.1) is 11.8 Å². The molecule has 1 aromatic rings. The average Bonchev–Trinajstić information content (AvgIpc) is 2.59. The zero-order valence-corrected chi connectivity index (χ0v) is 16.8. The van der Waals surface area contributed by atoms with Gasteiger partial charge in [0.25, 0.3) is 0 Å². The first-order chi connectivity index (χ1) is 12.2.